The van der Waals surface area contributed by atoms with Crippen LogP contribution in [0.15, 0.2) is 12.1 Å². The van der Waals surface area contributed by atoms with Gasteiger partial charge in [-0.3, -0.25) is 0 Å². The third-order valence-corrected chi connectivity index (χ3v) is 1.88. The van der Waals surface area contributed by atoms with E-state index in [1.165, 1.54) is 0 Å². The van der Waals surface area contributed by atoms with Crippen molar-refractivity contribution in [3.8, 4) is 0 Å². The molecule has 1 rings (SSSR count). The highest BCUT2D eigenvalue weighted by Gasteiger charge is 2.12. The lowest BCUT2D eigenvalue weighted by Crippen LogP contribution is -1.99. The fraction of sp³-hybridized carbons (Fsp3) is 0.250. The van der Waals surface area contributed by atoms with E-state index in [0.717, 1.165) is 12.1 Å². The van der Waals surface area contributed by atoms with Crippen LogP contribution in [0.4, 0.5) is 13.2 Å². The first-order valence-corrected chi connectivity index (χ1v) is 4.47. The monoisotopic (exact) mass is 238 g/mol. The average Bonchev–Trinajstić information content (AvgIpc) is 2.06. The van der Waals surface area contributed by atoms with Gasteiger partial charge in [0.05, 0.1) is 0 Å². The van der Waals surface area contributed by atoms with E-state index in [-0.39, 0.29) is 12.0 Å². The Labute approximate surface area is 76.5 Å². The molecule has 0 nitrogen and oxygen atoms in total. The third kappa shape index (κ3) is 1.80. The summed E-state index contributed by atoms with van der Waals surface area (Å²) < 4.78 is 38.1. The van der Waals surface area contributed by atoms with Crippen molar-refractivity contribution >= 4 is 15.9 Å². The van der Waals surface area contributed by atoms with Gasteiger partial charge in [0.25, 0.3) is 0 Å². The van der Waals surface area contributed by atoms with Crippen LogP contribution in [0.3, 0.4) is 0 Å². The Morgan fingerprint density at radius 1 is 1.08 bits per heavy atom. The third-order valence-electron chi connectivity index (χ3n) is 1.48. The predicted octanol–water partition coefficient (Wildman–Crippen LogP) is 3.04. The molecule has 0 aliphatic heterocycles. The topological polar surface area (TPSA) is 0 Å². The van der Waals surface area contributed by atoms with Gasteiger partial charge in [-0.1, -0.05) is 15.9 Å². The van der Waals surface area contributed by atoms with Gasteiger partial charge in [0.2, 0.25) is 0 Å². The minimum Gasteiger partial charge on any atom is -0.207 e. The van der Waals surface area contributed by atoms with Crippen LogP contribution in [0, 0.1) is 17.5 Å². The molecule has 0 aliphatic carbocycles. The number of hydrogen-bond acceptors (Lipinski definition) is 0. The van der Waals surface area contributed by atoms with Crippen molar-refractivity contribution in [1.82, 2.24) is 0 Å². The fourth-order valence-corrected chi connectivity index (χ4v) is 1.29. The standard InChI is InChI=1S/C8H6BrF3/c9-4-3-5-6(10)1-2-7(11)8(5)12/h1-2H,3-4H2. The summed E-state index contributed by atoms with van der Waals surface area (Å²) in [7, 11) is 0. The van der Waals surface area contributed by atoms with Crippen LogP contribution in [0.1, 0.15) is 5.56 Å². The molecule has 0 heterocycles. The van der Waals surface area contributed by atoms with E-state index in [1.807, 2.05) is 0 Å². The van der Waals surface area contributed by atoms with Crippen molar-refractivity contribution < 1.29 is 13.2 Å². The SMILES string of the molecule is Fc1ccc(F)c(CCBr)c1F. The van der Waals surface area contributed by atoms with E-state index < -0.39 is 17.5 Å². The molecule has 0 unspecified atom stereocenters. The second-order valence-electron chi connectivity index (χ2n) is 2.26. The first-order chi connectivity index (χ1) is 5.66. The van der Waals surface area contributed by atoms with Gasteiger partial charge in [-0.25, -0.2) is 13.2 Å². The van der Waals surface area contributed by atoms with Gasteiger partial charge < -0.3 is 0 Å². The van der Waals surface area contributed by atoms with Crippen molar-refractivity contribution in [3.05, 3.63) is 35.1 Å². The molecule has 0 saturated carbocycles. The van der Waals surface area contributed by atoms with Crippen LogP contribution in [0.2, 0.25) is 0 Å². The van der Waals surface area contributed by atoms with Crippen molar-refractivity contribution in [2.24, 2.45) is 0 Å². The second kappa shape index (κ2) is 3.94. The van der Waals surface area contributed by atoms with Gasteiger partial charge in [0.15, 0.2) is 11.6 Å². The average molecular weight is 239 g/mol. The second-order valence-corrected chi connectivity index (χ2v) is 3.05. The van der Waals surface area contributed by atoms with Crippen molar-refractivity contribution in [2.75, 3.05) is 5.33 Å². The molecular formula is C8H6BrF3. The first kappa shape index (κ1) is 9.58. The predicted molar refractivity (Wildman–Crippen MR) is 43.8 cm³/mol. The van der Waals surface area contributed by atoms with Gasteiger partial charge in [-0.15, -0.1) is 0 Å². The molecular weight excluding hydrogens is 233 g/mol. The van der Waals surface area contributed by atoms with Crippen LogP contribution in [-0.4, -0.2) is 5.33 Å². The first-order valence-electron chi connectivity index (χ1n) is 3.35. The summed E-state index contributed by atoms with van der Waals surface area (Å²) in [6.45, 7) is 0. The number of benzene rings is 1. The van der Waals surface area contributed by atoms with Gasteiger partial charge in [-0.2, -0.15) is 0 Å². The van der Waals surface area contributed by atoms with Crippen LogP contribution >= 0.6 is 15.9 Å². The van der Waals surface area contributed by atoms with Gasteiger partial charge in [0.1, 0.15) is 5.82 Å². The molecule has 0 fully saturated rings. The molecule has 1 aromatic carbocycles. The minimum atomic E-state index is -1.09. The molecule has 0 spiro atoms. The van der Waals surface area contributed by atoms with Crippen LogP contribution in [0.5, 0.6) is 0 Å². The molecule has 0 N–H and O–H groups in total. The summed E-state index contributed by atoms with van der Waals surface area (Å²) >= 11 is 3.02. The van der Waals surface area contributed by atoms with Gasteiger partial charge in [-0.05, 0) is 18.6 Å². The summed E-state index contributed by atoms with van der Waals surface area (Å²) in [4.78, 5) is 0. The largest absolute Gasteiger partial charge is 0.207 e. The summed E-state index contributed by atoms with van der Waals surface area (Å²) in [5.74, 6) is -2.80. The van der Waals surface area contributed by atoms with Crippen molar-refractivity contribution in [2.45, 2.75) is 6.42 Å². The Balaban J connectivity index is 3.14. The molecule has 4 heteroatoms. The highest BCUT2D eigenvalue weighted by Crippen LogP contribution is 2.16. The molecule has 0 amide bonds. The molecule has 0 atom stereocenters. The van der Waals surface area contributed by atoms with Crippen LogP contribution < -0.4 is 0 Å². The zero-order chi connectivity index (χ0) is 9.14. The van der Waals surface area contributed by atoms with Crippen LogP contribution in [-0.2, 0) is 6.42 Å². The molecule has 0 saturated heterocycles. The van der Waals surface area contributed by atoms with Gasteiger partial charge in [0, 0.05) is 10.9 Å². The summed E-state index contributed by atoms with van der Waals surface area (Å²) in [5.41, 5.74) is -0.202. The smallest absolute Gasteiger partial charge is 0.164 e. The summed E-state index contributed by atoms with van der Waals surface area (Å²) in [6.07, 6.45) is 0.148. The zero-order valence-electron chi connectivity index (χ0n) is 6.08. The molecule has 1 aromatic rings. The van der Waals surface area contributed by atoms with E-state index in [0.29, 0.717) is 5.33 Å². The zero-order valence-corrected chi connectivity index (χ0v) is 7.67. The number of alkyl halides is 1. The molecule has 0 aliphatic rings. The summed E-state index contributed by atoms with van der Waals surface area (Å²) in [6, 6.07) is 1.71. The minimum absolute atomic E-state index is 0.148. The fourth-order valence-electron chi connectivity index (χ4n) is 0.893. The van der Waals surface area contributed by atoms with E-state index >= 15 is 0 Å². The lowest BCUT2D eigenvalue weighted by atomic mass is 10.1. The Bertz CT molecular complexity index is 286. The highest BCUT2D eigenvalue weighted by molar-refractivity contribution is 9.09. The molecule has 0 aromatic heterocycles. The number of hydrogen-bond donors (Lipinski definition) is 0. The van der Waals surface area contributed by atoms with E-state index in [1.54, 1.807) is 0 Å². The maximum Gasteiger partial charge on any atom is 0.164 e. The quantitative estimate of drug-likeness (QED) is 0.549. The summed E-state index contributed by atoms with van der Waals surface area (Å²) in [5, 5.41) is 0.407. The van der Waals surface area contributed by atoms with Crippen molar-refractivity contribution in [1.29, 1.82) is 0 Å². The Kier molecular flexibility index (Phi) is 3.14. The van der Waals surface area contributed by atoms with E-state index in [9.17, 15) is 13.2 Å². The maximum absolute atomic E-state index is 12.8. The van der Waals surface area contributed by atoms with E-state index in [4.69, 9.17) is 0 Å². The van der Waals surface area contributed by atoms with Crippen molar-refractivity contribution in [3.63, 3.8) is 0 Å². The molecule has 0 radical (unpaired) electrons. The van der Waals surface area contributed by atoms with Gasteiger partial charge >= 0.3 is 0 Å². The maximum atomic E-state index is 12.8. The van der Waals surface area contributed by atoms with E-state index in [2.05, 4.69) is 15.9 Å². The normalized spacial score (nSPS) is 10.3. The highest BCUT2D eigenvalue weighted by atomic mass is 79.9. The van der Waals surface area contributed by atoms with Crippen LogP contribution in [0.25, 0.3) is 0 Å². The Morgan fingerprint density at radius 3 is 2.25 bits per heavy atom. The number of halogens is 4. The number of rotatable bonds is 2. The molecule has 66 valence electrons. The molecule has 12 heavy (non-hydrogen) atoms. The Morgan fingerprint density at radius 2 is 1.67 bits per heavy atom. The lowest BCUT2D eigenvalue weighted by Gasteiger charge is -2.02. The molecule has 0 bridgehead atoms. The lowest BCUT2D eigenvalue weighted by molar-refractivity contribution is 0.481. The Hall–Kier alpha value is -0.510.